The SMILES string of the molecule is CC(C)(C)C(CN)NC(=O)c1ccc([N+](=O)[O-])s1. The van der Waals surface area contributed by atoms with Crippen LogP contribution >= 0.6 is 11.3 Å². The molecule has 0 radical (unpaired) electrons. The van der Waals surface area contributed by atoms with E-state index < -0.39 is 4.92 Å². The number of thiophene rings is 1. The van der Waals surface area contributed by atoms with Crippen molar-refractivity contribution in [1.82, 2.24) is 5.32 Å². The Morgan fingerprint density at radius 1 is 1.56 bits per heavy atom. The molecule has 0 aliphatic heterocycles. The van der Waals surface area contributed by atoms with E-state index in [4.69, 9.17) is 5.73 Å². The number of nitrogens with one attached hydrogen (secondary N) is 1. The van der Waals surface area contributed by atoms with Crippen LogP contribution in [-0.4, -0.2) is 23.4 Å². The molecule has 0 spiro atoms. The predicted octanol–water partition coefficient (Wildman–Crippen LogP) is 1.76. The van der Waals surface area contributed by atoms with Crippen molar-refractivity contribution in [3.8, 4) is 0 Å². The molecule has 0 bridgehead atoms. The van der Waals surface area contributed by atoms with E-state index >= 15 is 0 Å². The lowest BCUT2D eigenvalue weighted by molar-refractivity contribution is -0.380. The van der Waals surface area contributed by atoms with E-state index in [0.717, 1.165) is 11.3 Å². The number of carbonyl (C=O) groups excluding carboxylic acids is 1. The highest BCUT2D eigenvalue weighted by Crippen LogP contribution is 2.25. The minimum absolute atomic E-state index is 0.0415. The fourth-order valence-corrected chi connectivity index (χ4v) is 2.13. The van der Waals surface area contributed by atoms with Gasteiger partial charge in [-0.25, -0.2) is 0 Å². The van der Waals surface area contributed by atoms with Crippen molar-refractivity contribution in [3.05, 3.63) is 27.1 Å². The normalized spacial score (nSPS) is 13.1. The third-order valence-corrected chi connectivity index (χ3v) is 3.62. The molecule has 1 rings (SSSR count). The Labute approximate surface area is 109 Å². The molecule has 1 heterocycles. The van der Waals surface area contributed by atoms with Gasteiger partial charge in [-0.15, -0.1) is 0 Å². The molecule has 3 N–H and O–H groups in total. The van der Waals surface area contributed by atoms with Crippen LogP contribution in [0.15, 0.2) is 12.1 Å². The van der Waals surface area contributed by atoms with Crippen LogP contribution < -0.4 is 11.1 Å². The summed E-state index contributed by atoms with van der Waals surface area (Å²) in [5.41, 5.74) is 5.46. The van der Waals surface area contributed by atoms with Gasteiger partial charge >= 0.3 is 5.00 Å². The van der Waals surface area contributed by atoms with Gasteiger partial charge in [0.1, 0.15) is 0 Å². The van der Waals surface area contributed by atoms with Crippen LogP contribution in [-0.2, 0) is 0 Å². The van der Waals surface area contributed by atoms with E-state index in [9.17, 15) is 14.9 Å². The van der Waals surface area contributed by atoms with Crippen LogP contribution in [0.4, 0.5) is 5.00 Å². The number of hydrogen-bond acceptors (Lipinski definition) is 5. The molecule has 0 saturated heterocycles. The van der Waals surface area contributed by atoms with Crippen molar-refractivity contribution >= 4 is 22.2 Å². The van der Waals surface area contributed by atoms with E-state index in [1.165, 1.54) is 12.1 Å². The Morgan fingerprint density at radius 3 is 2.56 bits per heavy atom. The second-order valence-electron chi connectivity index (χ2n) is 5.02. The third-order valence-electron chi connectivity index (χ3n) is 2.58. The molecule has 1 aromatic rings. The number of nitrogens with two attached hydrogens (primary N) is 1. The molecule has 1 amide bonds. The fourth-order valence-electron chi connectivity index (χ4n) is 1.41. The molecule has 0 saturated carbocycles. The quantitative estimate of drug-likeness (QED) is 0.644. The number of nitro groups is 1. The first-order chi connectivity index (χ1) is 8.25. The zero-order valence-corrected chi connectivity index (χ0v) is 11.4. The summed E-state index contributed by atoms with van der Waals surface area (Å²) in [5, 5.41) is 13.3. The number of nitrogens with zero attached hydrogens (tertiary/aromatic N) is 1. The Kier molecular flexibility index (Phi) is 4.42. The first kappa shape index (κ1) is 14.6. The van der Waals surface area contributed by atoms with Gasteiger partial charge in [0, 0.05) is 18.7 Å². The van der Waals surface area contributed by atoms with Gasteiger partial charge in [0.25, 0.3) is 5.91 Å². The van der Waals surface area contributed by atoms with Gasteiger partial charge in [-0.05, 0) is 11.5 Å². The van der Waals surface area contributed by atoms with Crippen LogP contribution in [0, 0.1) is 15.5 Å². The smallest absolute Gasteiger partial charge is 0.324 e. The van der Waals surface area contributed by atoms with E-state index in [0.29, 0.717) is 11.4 Å². The first-order valence-corrected chi connectivity index (χ1v) is 6.32. The number of carbonyl (C=O) groups is 1. The monoisotopic (exact) mass is 271 g/mol. The van der Waals surface area contributed by atoms with Gasteiger partial charge in [0.15, 0.2) is 0 Å². The lowest BCUT2D eigenvalue weighted by Crippen LogP contribution is -2.48. The maximum absolute atomic E-state index is 11.9. The largest absolute Gasteiger partial charge is 0.347 e. The van der Waals surface area contributed by atoms with Gasteiger partial charge in [-0.3, -0.25) is 14.9 Å². The highest BCUT2D eigenvalue weighted by molar-refractivity contribution is 7.17. The van der Waals surface area contributed by atoms with Crippen LogP contribution in [0.1, 0.15) is 30.4 Å². The lowest BCUT2D eigenvalue weighted by atomic mass is 9.87. The minimum Gasteiger partial charge on any atom is -0.347 e. The zero-order valence-electron chi connectivity index (χ0n) is 10.6. The van der Waals surface area contributed by atoms with Gasteiger partial charge in [-0.2, -0.15) is 0 Å². The molecule has 100 valence electrons. The van der Waals surface area contributed by atoms with Gasteiger partial charge < -0.3 is 11.1 Å². The second-order valence-corrected chi connectivity index (χ2v) is 6.08. The molecule has 1 unspecified atom stereocenters. The molecular weight excluding hydrogens is 254 g/mol. The summed E-state index contributed by atoms with van der Waals surface area (Å²) in [6.07, 6.45) is 0. The van der Waals surface area contributed by atoms with Crippen molar-refractivity contribution in [2.75, 3.05) is 6.54 Å². The summed E-state index contributed by atoms with van der Waals surface area (Å²) in [6.45, 7) is 6.24. The molecular formula is C11H17N3O3S. The number of amides is 1. The first-order valence-electron chi connectivity index (χ1n) is 5.51. The zero-order chi connectivity index (χ0) is 13.9. The van der Waals surface area contributed by atoms with Crippen molar-refractivity contribution in [2.45, 2.75) is 26.8 Å². The molecule has 1 atom stereocenters. The van der Waals surface area contributed by atoms with E-state index in [1.807, 2.05) is 20.8 Å². The van der Waals surface area contributed by atoms with Crippen molar-refractivity contribution in [1.29, 1.82) is 0 Å². The average Bonchev–Trinajstić information content (AvgIpc) is 2.73. The highest BCUT2D eigenvalue weighted by Gasteiger charge is 2.26. The maximum Gasteiger partial charge on any atom is 0.324 e. The minimum atomic E-state index is -0.508. The van der Waals surface area contributed by atoms with E-state index in [1.54, 1.807) is 0 Å². The molecule has 7 heteroatoms. The van der Waals surface area contributed by atoms with Crippen LogP contribution in [0.5, 0.6) is 0 Å². The summed E-state index contributed by atoms with van der Waals surface area (Å²) in [5.74, 6) is -0.321. The van der Waals surface area contributed by atoms with Gasteiger partial charge in [0.2, 0.25) is 0 Å². The molecule has 6 nitrogen and oxygen atoms in total. The summed E-state index contributed by atoms with van der Waals surface area (Å²) in [4.78, 5) is 22.3. The summed E-state index contributed by atoms with van der Waals surface area (Å²) < 4.78 is 0. The van der Waals surface area contributed by atoms with E-state index in [2.05, 4.69) is 5.32 Å². The van der Waals surface area contributed by atoms with Gasteiger partial charge in [-0.1, -0.05) is 32.1 Å². The topological polar surface area (TPSA) is 98.3 Å². The maximum atomic E-state index is 11.9. The van der Waals surface area contributed by atoms with Crippen molar-refractivity contribution in [3.63, 3.8) is 0 Å². The van der Waals surface area contributed by atoms with Crippen molar-refractivity contribution < 1.29 is 9.72 Å². The van der Waals surface area contributed by atoms with Gasteiger partial charge in [0.05, 0.1) is 9.80 Å². The molecule has 0 aromatic carbocycles. The summed E-state index contributed by atoms with van der Waals surface area (Å²) in [7, 11) is 0. The van der Waals surface area contributed by atoms with Crippen molar-refractivity contribution in [2.24, 2.45) is 11.1 Å². The summed E-state index contributed by atoms with van der Waals surface area (Å²) >= 11 is 0.860. The molecule has 0 aliphatic carbocycles. The fraction of sp³-hybridized carbons (Fsp3) is 0.545. The molecule has 0 fully saturated rings. The Balaban J connectivity index is 2.78. The molecule has 0 aliphatic rings. The highest BCUT2D eigenvalue weighted by atomic mass is 32.1. The molecule has 18 heavy (non-hydrogen) atoms. The standard InChI is InChI=1S/C11H17N3O3S/c1-11(2,3)8(6-12)13-10(15)7-4-5-9(18-7)14(16)17/h4-5,8H,6,12H2,1-3H3,(H,13,15). The van der Waals surface area contributed by atoms with Crippen LogP contribution in [0.25, 0.3) is 0 Å². The predicted molar refractivity (Wildman–Crippen MR) is 70.7 cm³/mol. The van der Waals surface area contributed by atoms with Crippen LogP contribution in [0.3, 0.4) is 0 Å². The summed E-state index contributed by atoms with van der Waals surface area (Å²) in [6, 6.07) is 2.61. The Hall–Kier alpha value is -1.47. The Morgan fingerprint density at radius 2 is 2.17 bits per heavy atom. The van der Waals surface area contributed by atoms with Crippen LogP contribution in [0.2, 0.25) is 0 Å². The Bertz CT molecular complexity index is 451. The lowest BCUT2D eigenvalue weighted by Gasteiger charge is -2.30. The second kappa shape index (κ2) is 5.45. The number of hydrogen-bond donors (Lipinski definition) is 2. The third kappa shape index (κ3) is 3.51. The average molecular weight is 271 g/mol. The van der Waals surface area contributed by atoms with E-state index in [-0.39, 0.29) is 22.4 Å². The number of rotatable bonds is 4. The molecule has 1 aromatic heterocycles.